The molecular formula is C10H19NO5S. The normalized spacial score (nSPS) is 13.5. The van der Waals surface area contributed by atoms with Crippen LogP contribution in [0.1, 0.15) is 27.2 Å². The summed E-state index contributed by atoms with van der Waals surface area (Å²) in [5.74, 6) is -2.35. The van der Waals surface area contributed by atoms with E-state index in [1.54, 1.807) is 13.8 Å². The highest BCUT2D eigenvalue weighted by Crippen LogP contribution is 2.08. The Morgan fingerprint density at radius 1 is 1.24 bits per heavy atom. The third kappa shape index (κ3) is 5.16. The minimum absolute atomic E-state index is 0.0903. The monoisotopic (exact) mass is 265 g/mol. The van der Waals surface area contributed by atoms with Crippen molar-refractivity contribution in [1.29, 1.82) is 0 Å². The molecule has 1 N–H and O–H groups in total. The van der Waals surface area contributed by atoms with Crippen LogP contribution in [0.25, 0.3) is 0 Å². The molecule has 1 unspecified atom stereocenters. The van der Waals surface area contributed by atoms with Crippen molar-refractivity contribution in [3.05, 3.63) is 0 Å². The quantitative estimate of drug-likeness (QED) is 0.737. The van der Waals surface area contributed by atoms with Gasteiger partial charge in [0.15, 0.2) is 9.84 Å². The van der Waals surface area contributed by atoms with Crippen LogP contribution in [-0.2, 0) is 19.4 Å². The second-order valence-electron chi connectivity index (χ2n) is 4.31. The van der Waals surface area contributed by atoms with Crippen LogP contribution in [0.15, 0.2) is 0 Å². The molecule has 100 valence electrons. The summed E-state index contributed by atoms with van der Waals surface area (Å²) in [6.07, 6.45) is -0.485. The van der Waals surface area contributed by atoms with Gasteiger partial charge in [-0.1, -0.05) is 0 Å². The van der Waals surface area contributed by atoms with Gasteiger partial charge in [0.25, 0.3) is 0 Å². The summed E-state index contributed by atoms with van der Waals surface area (Å²) in [6, 6.07) is -0.0903. The fraction of sp³-hybridized carbons (Fsp3) is 0.800. The number of carboxylic acids is 1. The largest absolute Gasteiger partial charge is 0.481 e. The SMILES string of the molecule is CC(C)N(C)C(=O)CS(=O)(=O)C(C)CC(=O)O. The fourth-order valence-corrected chi connectivity index (χ4v) is 2.31. The molecule has 0 radical (unpaired) electrons. The molecule has 17 heavy (non-hydrogen) atoms. The Hall–Kier alpha value is -1.11. The van der Waals surface area contributed by atoms with E-state index < -0.39 is 39.1 Å². The predicted molar refractivity (Wildman–Crippen MR) is 63.4 cm³/mol. The van der Waals surface area contributed by atoms with Gasteiger partial charge < -0.3 is 10.0 Å². The highest BCUT2D eigenvalue weighted by Gasteiger charge is 2.28. The lowest BCUT2D eigenvalue weighted by atomic mass is 10.3. The third-order valence-corrected chi connectivity index (χ3v) is 4.61. The topological polar surface area (TPSA) is 91.8 Å². The van der Waals surface area contributed by atoms with Gasteiger partial charge in [-0.2, -0.15) is 0 Å². The number of amides is 1. The first-order chi connectivity index (χ1) is 7.58. The van der Waals surface area contributed by atoms with Gasteiger partial charge in [0.2, 0.25) is 5.91 Å². The first kappa shape index (κ1) is 15.9. The first-order valence-electron chi connectivity index (χ1n) is 5.27. The molecule has 0 aromatic rings. The van der Waals surface area contributed by atoms with E-state index in [0.29, 0.717) is 0 Å². The molecule has 0 rings (SSSR count). The van der Waals surface area contributed by atoms with Crippen molar-refractivity contribution in [3.8, 4) is 0 Å². The van der Waals surface area contributed by atoms with Gasteiger partial charge in [-0.3, -0.25) is 9.59 Å². The average molecular weight is 265 g/mol. The summed E-state index contributed by atoms with van der Waals surface area (Å²) in [6.45, 7) is 4.84. The highest BCUT2D eigenvalue weighted by atomic mass is 32.2. The molecule has 0 heterocycles. The number of aliphatic carboxylic acids is 1. The third-order valence-electron chi connectivity index (χ3n) is 2.57. The van der Waals surface area contributed by atoms with Gasteiger partial charge in [0.1, 0.15) is 5.75 Å². The van der Waals surface area contributed by atoms with E-state index in [0.717, 1.165) is 0 Å². The Balaban J connectivity index is 4.66. The Morgan fingerprint density at radius 2 is 1.71 bits per heavy atom. The van der Waals surface area contributed by atoms with Gasteiger partial charge in [-0.05, 0) is 20.8 Å². The summed E-state index contributed by atoms with van der Waals surface area (Å²) in [5, 5.41) is 7.47. The fourth-order valence-electron chi connectivity index (χ4n) is 1.08. The zero-order valence-electron chi connectivity index (χ0n) is 10.5. The highest BCUT2D eigenvalue weighted by molar-refractivity contribution is 7.92. The van der Waals surface area contributed by atoms with Crippen molar-refractivity contribution >= 4 is 21.7 Å². The maximum atomic E-state index is 11.7. The molecule has 0 saturated carbocycles. The van der Waals surface area contributed by atoms with Crippen molar-refractivity contribution in [3.63, 3.8) is 0 Å². The number of hydrogen-bond donors (Lipinski definition) is 1. The van der Waals surface area contributed by atoms with E-state index in [2.05, 4.69) is 0 Å². The Kier molecular flexibility index (Phi) is 5.60. The first-order valence-corrected chi connectivity index (χ1v) is 6.98. The molecular weight excluding hydrogens is 246 g/mol. The maximum absolute atomic E-state index is 11.7. The van der Waals surface area contributed by atoms with Gasteiger partial charge in [-0.25, -0.2) is 8.42 Å². The lowest BCUT2D eigenvalue weighted by Gasteiger charge is -2.22. The average Bonchev–Trinajstić information content (AvgIpc) is 2.14. The molecule has 0 spiro atoms. The van der Waals surface area contributed by atoms with Crippen LogP contribution >= 0.6 is 0 Å². The number of sulfone groups is 1. The molecule has 7 heteroatoms. The minimum atomic E-state index is -3.71. The van der Waals surface area contributed by atoms with E-state index in [-0.39, 0.29) is 6.04 Å². The molecule has 0 aliphatic rings. The number of nitrogens with zero attached hydrogens (tertiary/aromatic N) is 1. The molecule has 1 atom stereocenters. The van der Waals surface area contributed by atoms with Gasteiger partial charge >= 0.3 is 5.97 Å². The molecule has 1 amide bonds. The molecule has 6 nitrogen and oxygen atoms in total. The van der Waals surface area contributed by atoms with Gasteiger partial charge in [-0.15, -0.1) is 0 Å². The Morgan fingerprint density at radius 3 is 2.06 bits per heavy atom. The van der Waals surface area contributed by atoms with E-state index >= 15 is 0 Å². The van der Waals surface area contributed by atoms with Crippen LogP contribution < -0.4 is 0 Å². The molecule has 0 fully saturated rings. The van der Waals surface area contributed by atoms with E-state index in [1.165, 1.54) is 18.9 Å². The van der Waals surface area contributed by atoms with E-state index in [1.807, 2.05) is 0 Å². The summed E-state index contributed by atoms with van der Waals surface area (Å²) < 4.78 is 23.4. The lowest BCUT2D eigenvalue weighted by Crippen LogP contribution is -2.39. The van der Waals surface area contributed by atoms with Crippen molar-refractivity contribution in [2.75, 3.05) is 12.8 Å². The molecule has 0 saturated heterocycles. The van der Waals surface area contributed by atoms with Crippen LogP contribution in [0.3, 0.4) is 0 Å². The second-order valence-corrected chi connectivity index (χ2v) is 6.73. The summed E-state index contributed by atoms with van der Waals surface area (Å²) in [5.41, 5.74) is 0. The minimum Gasteiger partial charge on any atom is -0.481 e. The van der Waals surface area contributed by atoms with Gasteiger partial charge in [0.05, 0.1) is 11.7 Å². The zero-order valence-corrected chi connectivity index (χ0v) is 11.3. The Labute approximate surface area is 102 Å². The van der Waals surface area contributed by atoms with Crippen molar-refractivity contribution in [2.45, 2.75) is 38.5 Å². The van der Waals surface area contributed by atoms with Crippen molar-refractivity contribution in [2.24, 2.45) is 0 Å². The number of hydrogen-bond acceptors (Lipinski definition) is 4. The Bertz CT molecular complexity index is 388. The standard InChI is InChI=1S/C10H19NO5S/c1-7(2)11(4)9(12)6-17(15,16)8(3)5-10(13)14/h7-8H,5-6H2,1-4H3,(H,13,14). The summed E-state index contributed by atoms with van der Waals surface area (Å²) in [7, 11) is -2.19. The number of carbonyl (C=O) groups excluding carboxylic acids is 1. The van der Waals surface area contributed by atoms with E-state index in [9.17, 15) is 18.0 Å². The molecule has 0 aromatic heterocycles. The number of rotatable bonds is 6. The van der Waals surface area contributed by atoms with E-state index in [4.69, 9.17) is 5.11 Å². The number of carboxylic acid groups (broad SMARTS) is 1. The van der Waals surface area contributed by atoms with Crippen LogP contribution in [0.2, 0.25) is 0 Å². The lowest BCUT2D eigenvalue weighted by molar-refractivity contribution is -0.137. The van der Waals surface area contributed by atoms with Crippen LogP contribution in [0.5, 0.6) is 0 Å². The van der Waals surface area contributed by atoms with Crippen LogP contribution in [-0.4, -0.2) is 54.4 Å². The molecule has 0 aliphatic carbocycles. The molecule has 0 aromatic carbocycles. The number of carbonyl (C=O) groups is 2. The smallest absolute Gasteiger partial charge is 0.304 e. The van der Waals surface area contributed by atoms with Crippen molar-refractivity contribution in [1.82, 2.24) is 4.90 Å². The predicted octanol–water partition coefficient (Wildman–Crippen LogP) is 0.131. The maximum Gasteiger partial charge on any atom is 0.304 e. The van der Waals surface area contributed by atoms with Crippen LogP contribution in [0.4, 0.5) is 0 Å². The van der Waals surface area contributed by atoms with Gasteiger partial charge in [0, 0.05) is 13.1 Å². The van der Waals surface area contributed by atoms with Crippen molar-refractivity contribution < 1.29 is 23.1 Å². The molecule has 0 aliphatic heterocycles. The van der Waals surface area contributed by atoms with Crippen LogP contribution in [0, 0.1) is 0 Å². The zero-order chi connectivity index (χ0) is 13.8. The summed E-state index contributed by atoms with van der Waals surface area (Å²) in [4.78, 5) is 23.3. The summed E-state index contributed by atoms with van der Waals surface area (Å²) >= 11 is 0. The second kappa shape index (κ2) is 6.00. The molecule has 0 bridgehead atoms.